The zero-order chi connectivity index (χ0) is 9.73. The molecule has 0 aromatic rings. The summed E-state index contributed by atoms with van der Waals surface area (Å²) in [6.07, 6.45) is 5.60. The van der Waals surface area contributed by atoms with Gasteiger partial charge in [-0.1, -0.05) is 12.8 Å². The number of nitrogens with two attached hydrogens (primary N) is 1. The minimum absolute atomic E-state index is 0.230. The third-order valence-corrected chi connectivity index (χ3v) is 3.21. The predicted molar refractivity (Wildman–Crippen MR) is 54.5 cm³/mol. The quantitative estimate of drug-likeness (QED) is 0.585. The summed E-state index contributed by atoms with van der Waals surface area (Å²) >= 11 is 0. The van der Waals surface area contributed by atoms with E-state index in [-0.39, 0.29) is 11.5 Å². The molecule has 0 aromatic heterocycles. The molecule has 0 heterocycles. The Morgan fingerprint density at radius 2 is 2.08 bits per heavy atom. The number of hydrogen-bond donors (Lipinski definition) is 3. The molecular formula is C10H22N2O. The van der Waals surface area contributed by atoms with Gasteiger partial charge < -0.3 is 16.2 Å². The lowest BCUT2D eigenvalue weighted by atomic mass is 9.81. The van der Waals surface area contributed by atoms with Gasteiger partial charge in [0.15, 0.2) is 0 Å². The third kappa shape index (κ3) is 2.93. The van der Waals surface area contributed by atoms with E-state index in [4.69, 9.17) is 5.73 Å². The van der Waals surface area contributed by atoms with Crippen LogP contribution in [-0.2, 0) is 0 Å². The monoisotopic (exact) mass is 186 g/mol. The molecule has 0 amide bonds. The van der Waals surface area contributed by atoms with Crippen LogP contribution in [0.5, 0.6) is 0 Å². The molecule has 0 spiro atoms. The summed E-state index contributed by atoms with van der Waals surface area (Å²) in [6, 6.07) is 0. The molecule has 3 nitrogen and oxygen atoms in total. The minimum atomic E-state index is -0.230. The fourth-order valence-electron chi connectivity index (χ4n) is 2.42. The largest absolute Gasteiger partial charge is 0.392 e. The van der Waals surface area contributed by atoms with Crippen molar-refractivity contribution in [1.29, 1.82) is 0 Å². The average molecular weight is 186 g/mol. The SMILES string of the molecule is CNC[C@H](O)CC1(CN)CCCC1. The van der Waals surface area contributed by atoms with Crippen molar-refractivity contribution in [2.24, 2.45) is 11.1 Å². The zero-order valence-corrected chi connectivity index (χ0v) is 8.55. The maximum Gasteiger partial charge on any atom is 0.0670 e. The number of rotatable bonds is 5. The Morgan fingerprint density at radius 1 is 1.46 bits per heavy atom. The van der Waals surface area contributed by atoms with Gasteiger partial charge in [-0.2, -0.15) is 0 Å². The average Bonchev–Trinajstić information content (AvgIpc) is 2.54. The van der Waals surface area contributed by atoms with E-state index in [9.17, 15) is 5.11 Å². The Kier molecular flexibility index (Phi) is 4.16. The van der Waals surface area contributed by atoms with Gasteiger partial charge in [-0.25, -0.2) is 0 Å². The van der Waals surface area contributed by atoms with E-state index in [2.05, 4.69) is 5.32 Å². The number of hydrogen-bond acceptors (Lipinski definition) is 3. The Bertz CT molecular complexity index is 144. The lowest BCUT2D eigenvalue weighted by molar-refractivity contribution is 0.103. The lowest BCUT2D eigenvalue weighted by Crippen LogP contribution is -2.35. The topological polar surface area (TPSA) is 58.3 Å². The van der Waals surface area contributed by atoms with Crippen molar-refractivity contribution in [2.45, 2.75) is 38.2 Å². The fraction of sp³-hybridized carbons (Fsp3) is 1.00. The summed E-state index contributed by atoms with van der Waals surface area (Å²) in [5.74, 6) is 0. The van der Waals surface area contributed by atoms with Crippen LogP contribution in [0.15, 0.2) is 0 Å². The second-order valence-corrected chi connectivity index (χ2v) is 4.33. The molecule has 1 aliphatic rings. The van der Waals surface area contributed by atoms with Crippen molar-refractivity contribution in [3.8, 4) is 0 Å². The van der Waals surface area contributed by atoms with Crippen LogP contribution >= 0.6 is 0 Å². The van der Waals surface area contributed by atoms with Crippen LogP contribution < -0.4 is 11.1 Å². The van der Waals surface area contributed by atoms with E-state index in [1.165, 1.54) is 25.7 Å². The van der Waals surface area contributed by atoms with Crippen molar-refractivity contribution in [3.05, 3.63) is 0 Å². The van der Waals surface area contributed by atoms with Crippen LogP contribution in [0.1, 0.15) is 32.1 Å². The molecule has 13 heavy (non-hydrogen) atoms. The van der Waals surface area contributed by atoms with Gasteiger partial charge in [-0.05, 0) is 38.3 Å². The number of nitrogens with one attached hydrogen (secondary N) is 1. The second-order valence-electron chi connectivity index (χ2n) is 4.33. The van der Waals surface area contributed by atoms with Crippen LogP contribution in [0, 0.1) is 5.41 Å². The Balaban J connectivity index is 2.38. The van der Waals surface area contributed by atoms with Gasteiger partial charge in [0.25, 0.3) is 0 Å². The van der Waals surface area contributed by atoms with Gasteiger partial charge in [-0.15, -0.1) is 0 Å². The Hall–Kier alpha value is -0.120. The molecule has 1 rings (SSSR count). The highest BCUT2D eigenvalue weighted by atomic mass is 16.3. The third-order valence-electron chi connectivity index (χ3n) is 3.21. The molecule has 78 valence electrons. The Morgan fingerprint density at radius 3 is 2.54 bits per heavy atom. The molecule has 1 atom stereocenters. The van der Waals surface area contributed by atoms with E-state index < -0.39 is 0 Å². The zero-order valence-electron chi connectivity index (χ0n) is 8.55. The lowest BCUT2D eigenvalue weighted by Gasteiger charge is -2.29. The molecule has 4 N–H and O–H groups in total. The number of aliphatic hydroxyl groups excluding tert-OH is 1. The van der Waals surface area contributed by atoms with Gasteiger partial charge in [0.2, 0.25) is 0 Å². The van der Waals surface area contributed by atoms with Crippen LogP contribution in [0.3, 0.4) is 0 Å². The molecule has 0 saturated heterocycles. The van der Waals surface area contributed by atoms with Crippen molar-refractivity contribution in [2.75, 3.05) is 20.1 Å². The molecule has 1 aliphatic carbocycles. The summed E-state index contributed by atoms with van der Waals surface area (Å²) in [4.78, 5) is 0. The number of aliphatic hydroxyl groups is 1. The Labute approximate surface area is 80.7 Å². The summed E-state index contributed by atoms with van der Waals surface area (Å²) in [5, 5.41) is 12.7. The van der Waals surface area contributed by atoms with Gasteiger partial charge in [0.1, 0.15) is 0 Å². The van der Waals surface area contributed by atoms with Gasteiger partial charge >= 0.3 is 0 Å². The summed E-state index contributed by atoms with van der Waals surface area (Å²) in [5.41, 5.74) is 6.03. The summed E-state index contributed by atoms with van der Waals surface area (Å²) < 4.78 is 0. The van der Waals surface area contributed by atoms with Crippen LogP contribution in [0.2, 0.25) is 0 Å². The molecule has 0 radical (unpaired) electrons. The molecule has 0 aromatic carbocycles. The predicted octanol–water partition coefficient (Wildman–Crippen LogP) is 0.476. The van der Waals surface area contributed by atoms with E-state index >= 15 is 0 Å². The van der Waals surface area contributed by atoms with Gasteiger partial charge in [0, 0.05) is 6.54 Å². The fourth-order valence-corrected chi connectivity index (χ4v) is 2.42. The van der Waals surface area contributed by atoms with Gasteiger partial charge in [0.05, 0.1) is 6.10 Å². The van der Waals surface area contributed by atoms with Crippen molar-refractivity contribution in [3.63, 3.8) is 0 Å². The maximum atomic E-state index is 9.69. The molecule has 1 fully saturated rings. The molecule has 3 heteroatoms. The molecule has 0 aliphatic heterocycles. The first kappa shape index (κ1) is 11.0. The highest BCUT2D eigenvalue weighted by molar-refractivity contribution is 4.87. The molecular weight excluding hydrogens is 164 g/mol. The molecule has 1 saturated carbocycles. The first-order valence-electron chi connectivity index (χ1n) is 5.25. The maximum absolute atomic E-state index is 9.69. The second kappa shape index (κ2) is 4.94. The minimum Gasteiger partial charge on any atom is -0.392 e. The highest BCUT2D eigenvalue weighted by Gasteiger charge is 2.34. The van der Waals surface area contributed by atoms with Crippen LogP contribution in [0.25, 0.3) is 0 Å². The molecule has 0 unspecified atom stereocenters. The van der Waals surface area contributed by atoms with Crippen LogP contribution in [-0.4, -0.2) is 31.3 Å². The standard InChI is InChI=1S/C10H22N2O/c1-12-7-9(13)6-10(8-11)4-2-3-5-10/h9,12-13H,2-8,11H2,1H3/t9-/m1/s1. The van der Waals surface area contributed by atoms with Gasteiger partial charge in [-0.3, -0.25) is 0 Å². The summed E-state index contributed by atoms with van der Waals surface area (Å²) in [7, 11) is 1.87. The smallest absolute Gasteiger partial charge is 0.0670 e. The van der Waals surface area contributed by atoms with E-state index in [0.717, 1.165) is 13.0 Å². The normalized spacial score (nSPS) is 23.3. The van der Waals surface area contributed by atoms with E-state index in [1.807, 2.05) is 7.05 Å². The van der Waals surface area contributed by atoms with Crippen molar-refractivity contribution < 1.29 is 5.11 Å². The first-order valence-corrected chi connectivity index (χ1v) is 5.25. The first-order chi connectivity index (χ1) is 6.22. The highest BCUT2D eigenvalue weighted by Crippen LogP contribution is 2.40. The van der Waals surface area contributed by atoms with E-state index in [0.29, 0.717) is 6.54 Å². The number of likely N-dealkylation sites (N-methyl/N-ethyl adjacent to an activating group) is 1. The summed E-state index contributed by atoms with van der Waals surface area (Å²) in [6.45, 7) is 1.41. The van der Waals surface area contributed by atoms with Crippen LogP contribution in [0.4, 0.5) is 0 Å². The van der Waals surface area contributed by atoms with Crippen molar-refractivity contribution >= 4 is 0 Å². The van der Waals surface area contributed by atoms with Crippen molar-refractivity contribution in [1.82, 2.24) is 5.32 Å². The van der Waals surface area contributed by atoms with E-state index in [1.54, 1.807) is 0 Å². The molecule has 0 bridgehead atoms.